The Labute approximate surface area is 78.6 Å². The van der Waals surface area contributed by atoms with E-state index < -0.39 is 0 Å². The molecule has 0 aliphatic carbocycles. The van der Waals surface area contributed by atoms with E-state index in [1.165, 1.54) is 16.9 Å². The maximum absolute atomic E-state index is 2.19. The summed E-state index contributed by atoms with van der Waals surface area (Å²) in [4.78, 5) is 0. The van der Waals surface area contributed by atoms with Gasteiger partial charge in [-0.25, -0.2) is 0 Å². The van der Waals surface area contributed by atoms with Crippen molar-refractivity contribution in [1.82, 2.24) is 4.57 Å². The highest BCUT2D eigenvalue weighted by atomic mass is 15.0. The van der Waals surface area contributed by atoms with E-state index in [0.717, 1.165) is 0 Å². The smallest absolute Gasteiger partial charge is 0.0454 e. The van der Waals surface area contributed by atoms with Crippen molar-refractivity contribution in [2.75, 3.05) is 0 Å². The molecule has 0 bridgehead atoms. The molecule has 0 saturated heterocycles. The molecular formula is C12H13N. The van der Waals surface area contributed by atoms with Gasteiger partial charge >= 0.3 is 0 Å². The molecule has 1 heteroatoms. The fourth-order valence-corrected chi connectivity index (χ4v) is 1.53. The van der Waals surface area contributed by atoms with E-state index in [4.69, 9.17) is 0 Å². The van der Waals surface area contributed by atoms with Crippen molar-refractivity contribution < 1.29 is 0 Å². The van der Waals surface area contributed by atoms with Gasteiger partial charge in [-0.3, -0.25) is 0 Å². The third kappa shape index (κ3) is 1.50. The number of hydrogen-bond donors (Lipinski definition) is 0. The van der Waals surface area contributed by atoms with Crippen molar-refractivity contribution in [3.63, 3.8) is 0 Å². The van der Waals surface area contributed by atoms with Crippen LogP contribution in [0.2, 0.25) is 0 Å². The van der Waals surface area contributed by atoms with E-state index >= 15 is 0 Å². The molecule has 13 heavy (non-hydrogen) atoms. The van der Waals surface area contributed by atoms with E-state index in [9.17, 15) is 0 Å². The molecule has 0 fully saturated rings. The summed E-state index contributed by atoms with van der Waals surface area (Å²) in [6.45, 7) is 4.23. The van der Waals surface area contributed by atoms with Crippen molar-refractivity contribution in [3.05, 3.63) is 53.9 Å². The lowest BCUT2D eigenvalue weighted by Gasteiger charge is -2.06. The van der Waals surface area contributed by atoms with Gasteiger partial charge in [-0.05, 0) is 43.7 Å². The molecule has 0 radical (unpaired) electrons. The Morgan fingerprint density at radius 2 is 1.85 bits per heavy atom. The lowest BCUT2D eigenvalue weighted by Crippen LogP contribution is -1.93. The maximum atomic E-state index is 2.19. The van der Waals surface area contributed by atoms with Gasteiger partial charge in [-0.2, -0.15) is 0 Å². The minimum absolute atomic E-state index is 1.24. The Morgan fingerprint density at radius 1 is 1.00 bits per heavy atom. The molecule has 0 spiro atoms. The van der Waals surface area contributed by atoms with Crippen LogP contribution in [-0.2, 0) is 0 Å². The topological polar surface area (TPSA) is 4.93 Å². The molecule has 0 aliphatic heterocycles. The molecule has 0 N–H and O–H groups in total. The zero-order chi connectivity index (χ0) is 9.26. The molecule has 0 atom stereocenters. The van der Waals surface area contributed by atoms with Crippen LogP contribution in [0.25, 0.3) is 5.69 Å². The summed E-state index contributed by atoms with van der Waals surface area (Å²) in [6.07, 6.45) is 2.09. The molecule has 0 unspecified atom stereocenters. The lowest BCUT2D eigenvalue weighted by molar-refractivity contribution is 1.01. The first-order valence-electron chi connectivity index (χ1n) is 4.48. The summed E-state index contributed by atoms with van der Waals surface area (Å²) in [5.74, 6) is 0. The van der Waals surface area contributed by atoms with Crippen LogP contribution in [0.4, 0.5) is 0 Å². The molecule has 0 amide bonds. The SMILES string of the molecule is Cc1cccc(-n2cccc2C)c1. The van der Waals surface area contributed by atoms with Crippen LogP contribution in [0.1, 0.15) is 11.3 Å². The quantitative estimate of drug-likeness (QED) is 0.621. The number of nitrogens with zero attached hydrogens (tertiary/aromatic N) is 1. The molecule has 1 heterocycles. The first-order valence-corrected chi connectivity index (χ1v) is 4.48. The average molecular weight is 171 g/mol. The van der Waals surface area contributed by atoms with Gasteiger partial charge in [0.15, 0.2) is 0 Å². The predicted octanol–water partition coefficient (Wildman–Crippen LogP) is 3.09. The van der Waals surface area contributed by atoms with Crippen LogP contribution < -0.4 is 0 Å². The van der Waals surface area contributed by atoms with Crippen LogP contribution in [0.15, 0.2) is 42.6 Å². The van der Waals surface area contributed by atoms with Crippen molar-refractivity contribution in [2.24, 2.45) is 0 Å². The maximum Gasteiger partial charge on any atom is 0.0454 e. The van der Waals surface area contributed by atoms with Gasteiger partial charge in [0, 0.05) is 17.6 Å². The highest BCUT2D eigenvalue weighted by Crippen LogP contribution is 2.12. The Kier molecular flexibility index (Phi) is 1.93. The summed E-state index contributed by atoms with van der Waals surface area (Å²) in [5, 5.41) is 0. The summed E-state index contributed by atoms with van der Waals surface area (Å²) in [6, 6.07) is 12.7. The molecule has 0 saturated carbocycles. The molecule has 1 nitrogen and oxygen atoms in total. The van der Waals surface area contributed by atoms with Gasteiger partial charge in [0.05, 0.1) is 0 Å². The van der Waals surface area contributed by atoms with Crippen LogP contribution in [0.5, 0.6) is 0 Å². The van der Waals surface area contributed by atoms with E-state index in [2.05, 4.69) is 61.0 Å². The third-order valence-electron chi connectivity index (χ3n) is 2.23. The first-order chi connectivity index (χ1) is 6.27. The van der Waals surface area contributed by atoms with Crippen LogP contribution >= 0.6 is 0 Å². The van der Waals surface area contributed by atoms with Gasteiger partial charge in [0.1, 0.15) is 0 Å². The van der Waals surface area contributed by atoms with Crippen LogP contribution in [0.3, 0.4) is 0 Å². The second kappa shape index (κ2) is 3.09. The zero-order valence-electron chi connectivity index (χ0n) is 7.99. The van der Waals surface area contributed by atoms with Crippen molar-refractivity contribution in [1.29, 1.82) is 0 Å². The molecule has 66 valence electrons. The number of rotatable bonds is 1. The average Bonchev–Trinajstić information content (AvgIpc) is 2.51. The third-order valence-corrected chi connectivity index (χ3v) is 2.23. The zero-order valence-corrected chi connectivity index (χ0v) is 7.99. The number of benzene rings is 1. The van der Waals surface area contributed by atoms with Crippen molar-refractivity contribution in [3.8, 4) is 5.69 Å². The lowest BCUT2D eigenvalue weighted by atomic mass is 10.2. The molecule has 2 aromatic rings. The molecule has 1 aromatic heterocycles. The van der Waals surface area contributed by atoms with E-state index in [0.29, 0.717) is 0 Å². The highest BCUT2D eigenvalue weighted by Gasteiger charge is 1.97. The van der Waals surface area contributed by atoms with Gasteiger partial charge in [0.2, 0.25) is 0 Å². The molecular weight excluding hydrogens is 158 g/mol. The van der Waals surface area contributed by atoms with Crippen molar-refractivity contribution in [2.45, 2.75) is 13.8 Å². The van der Waals surface area contributed by atoms with E-state index in [1.54, 1.807) is 0 Å². The first kappa shape index (κ1) is 8.11. The minimum atomic E-state index is 1.24. The number of hydrogen-bond acceptors (Lipinski definition) is 0. The van der Waals surface area contributed by atoms with Gasteiger partial charge in [-0.15, -0.1) is 0 Å². The number of aromatic nitrogens is 1. The summed E-state index contributed by atoms with van der Waals surface area (Å²) < 4.78 is 2.19. The highest BCUT2D eigenvalue weighted by molar-refractivity contribution is 5.37. The Bertz CT molecular complexity index is 413. The molecule has 1 aromatic carbocycles. The second-order valence-corrected chi connectivity index (χ2v) is 3.36. The fraction of sp³-hybridized carbons (Fsp3) is 0.167. The fourth-order valence-electron chi connectivity index (χ4n) is 1.53. The Balaban J connectivity index is 2.53. The molecule has 0 aliphatic rings. The summed E-state index contributed by atoms with van der Waals surface area (Å²) >= 11 is 0. The van der Waals surface area contributed by atoms with E-state index in [1.807, 2.05) is 0 Å². The standard InChI is InChI=1S/C12H13N/c1-10-5-3-7-12(9-10)13-8-4-6-11(13)2/h3-9H,1-2H3. The van der Waals surface area contributed by atoms with E-state index in [-0.39, 0.29) is 0 Å². The Hall–Kier alpha value is -1.50. The van der Waals surface area contributed by atoms with Gasteiger partial charge in [0.25, 0.3) is 0 Å². The van der Waals surface area contributed by atoms with Gasteiger partial charge < -0.3 is 4.57 Å². The second-order valence-electron chi connectivity index (χ2n) is 3.36. The summed E-state index contributed by atoms with van der Waals surface area (Å²) in [7, 11) is 0. The van der Waals surface area contributed by atoms with Crippen molar-refractivity contribution >= 4 is 0 Å². The largest absolute Gasteiger partial charge is 0.321 e. The summed E-state index contributed by atoms with van der Waals surface area (Å²) in [5.41, 5.74) is 3.80. The molecule has 2 rings (SSSR count). The van der Waals surface area contributed by atoms with Crippen LogP contribution in [-0.4, -0.2) is 4.57 Å². The van der Waals surface area contributed by atoms with Crippen LogP contribution in [0, 0.1) is 13.8 Å². The Morgan fingerprint density at radius 3 is 2.46 bits per heavy atom. The number of aryl methyl sites for hydroxylation is 2. The normalized spacial score (nSPS) is 10.3. The monoisotopic (exact) mass is 171 g/mol. The predicted molar refractivity (Wildman–Crippen MR) is 55.2 cm³/mol. The van der Waals surface area contributed by atoms with Gasteiger partial charge in [-0.1, -0.05) is 12.1 Å². The minimum Gasteiger partial charge on any atom is -0.321 e.